The van der Waals surface area contributed by atoms with Gasteiger partial charge in [-0.3, -0.25) is 0 Å². The number of rotatable bonds is 2. The highest BCUT2D eigenvalue weighted by Crippen LogP contribution is 2.27. The summed E-state index contributed by atoms with van der Waals surface area (Å²) >= 11 is 1.53. The number of carbonyl (C=O) groups is 1. The van der Waals surface area contributed by atoms with E-state index in [1.807, 2.05) is 44.4 Å². The van der Waals surface area contributed by atoms with E-state index in [1.165, 1.54) is 15.9 Å². The monoisotopic (exact) mass is 301 g/mol. The van der Waals surface area contributed by atoms with E-state index in [2.05, 4.69) is 10.1 Å². The van der Waals surface area contributed by atoms with E-state index in [-0.39, 0.29) is 11.1 Å². The Morgan fingerprint density at radius 3 is 2.67 bits per heavy atom. The molecule has 21 heavy (non-hydrogen) atoms. The molecule has 0 bridgehead atoms. The largest absolute Gasteiger partial charge is 0.477 e. The first-order chi connectivity index (χ1) is 9.86. The number of nitrogens with zero attached hydrogens (tertiary/aromatic N) is 3. The molecule has 0 fully saturated rings. The van der Waals surface area contributed by atoms with Gasteiger partial charge in [0.15, 0.2) is 11.3 Å². The van der Waals surface area contributed by atoms with Crippen molar-refractivity contribution in [1.29, 1.82) is 0 Å². The zero-order valence-corrected chi connectivity index (χ0v) is 12.8. The van der Waals surface area contributed by atoms with Crippen molar-refractivity contribution < 1.29 is 9.90 Å². The van der Waals surface area contributed by atoms with Gasteiger partial charge in [-0.25, -0.2) is 14.3 Å². The van der Waals surface area contributed by atoms with E-state index in [9.17, 15) is 9.90 Å². The highest BCUT2D eigenvalue weighted by Gasteiger charge is 2.21. The molecule has 3 heterocycles. The lowest BCUT2D eigenvalue weighted by atomic mass is 9.93. The summed E-state index contributed by atoms with van der Waals surface area (Å²) in [7, 11) is 0. The molecule has 5 nitrogen and oxygen atoms in total. The van der Waals surface area contributed by atoms with Gasteiger partial charge >= 0.3 is 5.97 Å². The van der Waals surface area contributed by atoms with Crippen molar-refractivity contribution in [3.8, 4) is 10.6 Å². The summed E-state index contributed by atoms with van der Waals surface area (Å²) in [6, 6.07) is 7.27. The molecular formula is C15H15N3O2S. The Balaban J connectivity index is 2.29. The van der Waals surface area contributed by atoms with Gasteiger partial charge in [0.25, 0.3) is 0 Å². The first-order valence-electron chi connectivity index (χ1n) is 6.55. The molecule has 0 unspecified atom stereocenters. The smallest absolute Gasteiger partial charge is 0.354 e. The Bertz CT molecular complexity index is 813. The van der Waals surface area contributed by atoms with Gasteiger partial charge in [0, 0.05) is 11.5 Å². The first-order valence-corrected chi connectivity index (χ1v) is 7.43. The minimum Gasteiger partial charge on any atom is -0.477 e. The second kappa shape index (κ2) is 4.66. The third-order valence-corrected chi connectivity index (χ3v) is 4.08. The minimum atomic E-state index is -1.01. The molecule has 0 aromatic carbocycles. The van der Waals surface area contributed by atoms with Crippen molar-refractivity contribution in [1.82, 2.24) is 14.6 Å². The zero-order valence-electron chi connectivity index (χ0n) is 12.0. The number of fused-ring (bicyclic) bond motifs is 1. The highest BCUT2D eigenvalue weighted by molar-refractivity contribution is 7.13. The van der Waals surface area contributed by atoms with Crippen molar-refractivity contribution in [2.45, 2.75) is 26.2 Å². The second-order valence-corrected chi connectivity index (χ2v) is 6.81. The van der Waals surface area contributed by atoms with Crippen LogP contribution in [0.2, 0.25) is 0 Å². The maximum atomic E-state index is 11.5. The Kier molecular flexibility index (Phi) is 3.06. The van der Waals surface area contributed by atoms with Crippen LogP contribution in [0.1, 0.15) is 37.0 Å². The molecule has 6 heteroatoms. The van der Waals surface area contributed by atoms with Crippen LogP contribution in [-0.4, -0.2) is 25.7 Å². The Morgan fingerprint density at radius 1 is 1.33 bits per heavy atom. The van der Waals surface area contributed by atoms with E-state index >= 15 is 0 Å². The predicted octanol–water partition coefficient (Wildman–Crippen LogP) is 3.45. The minimum absolute atomic E-state index is 0.124. The van der Waals surface area contributed by atoms with Crippen LogP contribution in [0.5, 0.6) is 0 Å². The van der Waals surface area contributed by atoms with Crippen LogP contribution in [0, 0.1) is 0 Å². The molecular weight excluding hydrogens is 286 g/mol. The summed E-state index contributed by atoms with van der Waals surface area (Å²) in [4.78, 5) is 17.0. The fraction of sp³-hybridized carbons (Fsp3) is 0.267. The maximum absolute atomic E-state index is 11.5. The summed E-state index contributed by atoms with van der Waals surface area (Å²) in [5, 5.41) is 15.8. The molecule has 1 N–H and O–H groups in total. The van der Waals surface area contributed by atoms with E-state index in [1.54, 1.807) is 6.07 Å². The number of carboxylic acid groups (broad SMARTS) is 1. The van der Waals surface area contributed by atoms with Crippen molar-refractivity contribution >= 4 is 23.0 Å². The lowest BCUT2D eigenvalue weighted by Crippen LogP contribution is -2.13. The second-order valence-electron chi connectivity index (χ2n) is 5.86. The van der Waals surface area contributed by atoms with Gasteiger partial charge in [0.1, 0.15) is 0 Å². The molecule has 0 atom stereocenters. The van der Waals surface area contributed by atoms with Gasteiger partial charge in [0.2, 0.25) is 0 Å². The maximum Gasteiger partial charge on any atom is 0.354 e. The lowest BCUT2D eigenvalue weighted by molar-refractivity contribution is 0.0687. The van der Waals surface area contributed by atoms with Gasteiger partial charge in [-0.2, -0.15) is 5.10 Å². The molecule has 0 amide bonds. The Hall–Kier alpha value is -2.21. The average molecular weight is 301 g/mol. The molecule has 0 spiro atoms. The van der Waals surface area contributed by atoms with Crippen LogP contribution in [0.25, 0.3) is 16.2 Å². The molecule has 0 aliphatic heterocycles. The highest BCUT2D eigenvalue weighted by atomic mass is 32.1. The van der Waals surface area contributed by atoms with Crippen molar-refractivity contribution in [3.63, 3.8) is 0 Å². The van der Waals surface area contributed by atoms with Crippen LogP contribution < -0.4 is 0 Å². The van der Waals surface area contributed by atoms with Gasteiger partial charge < -0.3 is 5.11 Å². The lowest BCUT2D eigenvalue weighted by Gasteiger charge is -2.13. The third kappa shape index (κ3) is 2.42. The van der Waals surface area contributed by atoms with Gasteiger partial charge in [0.05, 0.1) is 16.3 Å². The zero-order chi connectivity index (χ0) is 15.2. The topological polar surface area (TPSA) is 67.5 Å². The molecule has 3 aromatic rings. The number of carboxylic acids is 1. The van der Waals surface area contributed by atoms with Crippen LogP contribution >= 0.6 is 11.3 Å². The van der Waals surface area contributed by atoms with Crippen LogP contribution in [0.15, 0.2) is 29.6 Å². The van der Waals surface area contributed by atoms with Crippen LogP contribution in [-0.2, 0) is 5.41 Å². The Labute approximate surface area is 125 Å². The number of hydrogen-bond acceptors (Lipinski definition) is 4. The van der Waals surface area contributed by atoms with Gasteiger partial charge in [-0.15, -0.1) is 11.3 Å². The summed E-state index contributed by atoms with van der Waals surface area (Å²) in [5.74, 6) is -1.01. The number of hydrogen-bond donors (Lipinski definition) is 1. The van der Waals surface area contributed by atoms with Crippen molar-refractivity contribution in [2.24, 2.45) is 0 Å². The summed E-state index contributed by atoms with van der Waals surface area (Å²) in [6.07, 6.45) is 0. The van der Waals surface area contributed by atoms with Gasteiger partial charge in [-0.1, -0.05) is 26.8 Å². The average Bonchev–Trinajstić information content (AvgIpc) is 3.05. The van der Waals surface area contributed by atoms with Crippen LogP contribution in [0.3, 0.4) is 0 Å². The molecule has 3 rings (SSSR count). The summed E-state index contributed by atoms with van der Waals surface area (Å²) in [5.41, 5.74) is 2.00. The normalized spacial score (nSPS) is 12.0. The Morgan fingerprint density at radius 2 is 2.10 bits per heavy atom. The van der Waals surface area contributed by atoms with E-state index in [0.29, 0.717) is 11.3 Å². The van der Waals surface area contributed by atoms with Gasteiger partial charge in [-0.05, 0) is 17.5 Å². The molecule has 0 aliphatic carbocycles. The molecule has 3 aromatic heterocycles. The van der Waals surface area contributed by atoms with Crippen molar-refractivity contribution in [2.75, 3.05) is 0 Å². The quantitative estimate of drug-likeness (QED) is 0.787. The van der Waals surface area contributed by atoms with Crippen LogP contribution in [0.4, 0.5) is 0 Å². The molecule has 0 radical (unpaired) electrons. The number of aromatic nitrogens is 3. The molecule has 0 saturated heterocycles. The fourth-order valence-corrected chi connectivity index (χ4v) is 2.73. The van der Waals surface area contributed by atoms with Crippen molar-refractivity contribution in [3.05, 3.63) is 41.0 Å². The van der Waals surface area contributed by atoms with E-state index in [4.69, 9.17) is 0 Å². The van der Waals surface area contributed by atoms with E-state index in [0.717, 1.165) is 10.6 Å². The third-order valence-electron chi connectivity index (χ3n) is 3.19. The number of aromatic carboxylic acids is 1. The number of thiophene rings is 1. The predicted molar refractivity (Wildman–Crippen MR) is 82.0 cm³/mol. The molecule has 0 aliphatic rings. The standard InChI is InChI=1S/C15H15N3O2S/c1-15(2,3)12-8-13-16-9(11-5-4-6-21-11)7-10(14(19)20)18(13)17-12/h4-8H,1-3H3,(H,19,20). The molecule has 108 valence electrons. The fourth-order valence-electron chi connectivity index (χ4n) is 2.04. The first kappa shape index (κ1) is 13.8. The van der Waals surface area contributed by atoms with E-state index < -0.39 is 5.97 Å². The summed E-state index contributed by atoms with van der Waals surface area (Å²) < 4.78 is 1.40. The summed E-state index contributed by atoms with van der Waals surface area (Å²) in [6.45, 7) is 6.11. The SMILES string of the molecule is CC(C)(C)c1cc2nc(-c3cccs3)cc(C(=O)O)n2n1. The molecule has 0 saturated carbocycles.